The Hall–Kier alpha value is -1.41. The first kappa shape index (κ1) is 9.16. The summed E-state index contributed by atoms with van der Waals surface area (Å²) in [6, 6.07) is 8.34. The summed E-state index contributed by atoms with van der Waals surface area (Å²) in [6.45, 7) is 2.71. The molecule has 0 fully saturated rings. The molecule has 72 valence electrons. The van der Waals surface area contributed by atoms with E-state index in [4.69, 9.17) is 4.74 Å². The molecule has 0 amide bonds. The molecule has 1 aromatic carbocycles. The van der Waals surface area contributed by atoms with Crippen LogP contribution in [0.15, 0.2) is 30.5 Å². The second-order valence-electron chi connectivity index (χ2n) is 3.47. The number of ether oxygens (including phenoxy) is 1. The number of aryl methyl sites for hydroxylation is 1. The standard InChI is InChI=1S/C12H13NO/c1-9-5-11-6-10(8-14-2)3-4-12(11)13-7-9/h3-7H,8H2,1-2H3. The number of fused-ring (bicyclic) bond motifs is 1. The molecule has 14 heavy (non-hydrogen) atoms. The maximum atomic E-state index is 5.09. The van der Waals surface area contributed by atoms with Crippen LogP contribution in [0.3, 0.4) is 0 Å². The molecule has 0 atom stereocenters. The molecule has 0 aliphatic rings. The van der Waals surface area contributed by atoms with E-state index in [1.54, 1.807) is 7.11 Å². The van der Waals surface area contributed by atoms with Crippen molar-refractivity contribution in [1.82, 2.24) is 4.98 Å². The van der Waals surface area contributed by atoms with Crippen molar-refractivity contribution in [3.05, 3.63) is 41.6 Å². The molecule has 0 spiro atoms. The number of nitrogens with zero attached hydrogens (tertiary/aromatic N) is 1. The number of hydrogen-bond acceptors (Lipinski definition) is 2. The van der Waals surface area contributed by atoms with Crippen molar-refractivity contribution in [2.75, 3.05) is 7.11 Å². The first-order chi connectivity index (χ1) is 6.79. The van der Waals surface area contributed by atoms with E-state index >= 15 is 0 Å². The van der Waals surface area contributed by atoms with Crippen molar-refractivity contribution in [2.24, 2.45) is 0 Å². The molecule has 0 saturated heterocycles. The normalized spacial score (nSPS) is 10.7. The third kappa shape index (κ3) is 1.75. The highest BCUT2D eigenvalue weighted by atomic mass is 16.5. The van der Waals surface area contributed by atoms with Crippen LogP contribution in [0.25, 0.3) is 10.9 Å². The van der Waals surface area contributed by atoms with Gasteiger partial charge >= 0.3 is 0 Å². The molecule has 1 aromatic heterocycles. The van der Waals surface area contributed by atoms with Crippen LogP contribution in [0.4, 0.5) is 0 Å². The first-order valence-corrected chi connectivity index (χ1v) is 4.64. The Bertz CT molecular complexity index is 451. The topological polar surface area (TPSA) is 22.1 Å². The molecule has 0 aliphatic carbocycles. The fourth-order valence-electron chi connectivity index (χ4n) is 1.55. The minimum Gasteiger partial charge on any atom is -0.380 e. The Balaban J connectivity index is 2.52. The lowest BCUT2D eigenvalue weighted by Gasteiger charge is -2.02. The van der Waals surface area contributed by atoms with Crippen molar-refractivity contribution >= 4 is 10.9 Å². The van der Waals surface area contributed by atoms with Crippen LogP contribution in [-0.4, -0.2) is 12.1 Å². The molecule has 2 aromatic rings. The Morgan fingerprint density at radius 1 is 1.29 bits per heavy atom. The van der Waals surface area contributed by atoms with Crippen LogP contribution in [0.1, 0.15) is 11.1 Å². The second-order valence-corrected chi connectivity index (χ2v) is 3.47. The maximum Gasteiger partial charge on any atom is 0.0713 e. The van der Waals surface area contributed by atoms with Gasteiger partial charge in [-0.3, -0.25) is 4.98 Å². The zero-order chi connectivity index (χ0) is 9.97. The molecular weight excluding hydrogens is 174 g/mol. The van der Waals surface area contributed by atoms with E-state index in [9.17, 15) is 0 Å². The van der Waals surface area contributed by atoms with Crippen molar-refractivity contribution in [3.8, 4) is 0 Å². The summed E-state index contributed by atoms with van der Waals surface area (Å²) in [5.74, 6) is 0. The van der Waals surface area contributed by atoms with E-state index < -0.39 is 0 Å². The van der Waals surface area contributed by atoms with E-state index in [2.05, 4.69) is 24.0 Å². The predicted octanol–water partition coefficient (Wildman–Crippen LogP) is 2.69. The molecule has 0 saturated carbocycles. The van der Waals surface area contributed by atoms with Gasteiger partial charge in [-0.1, -0.05) is 6.07 Å². The van der Waals surface area contributed by atoms with Gasteiger partial charge in [0.25, 0.3) is 0 Å². The molecule has 0 unspecified atom stereocenters. The van der Waals surface area contributed by atoms with Gasteiger partial charge in [-0.15, -0.1) is 0 Å². The average Bonchev–Trinajstić information content (AvgIpc) is 2.17. The first-order valence-electron chi connectivity index (χ1n) is 4.64. The van der Waals surface area contributed by atoms with E-state index in [1.807, 2.05) is 18.3 Å². The molecule has 2 rings (SSSR count). The van der Waals surface area contributed by atoms with Gasteiger partial charge in [-0.25, -0.2) is 0 Å². The van der Waals surface area contributed by atoms with Crippen molar-refractivity contribution < 1.29 is 4.74 Å². The Morgan fingerprint density at radius 2 is 2.14 bits per heavy atom. The van der Waals surface area contributed by atoms with Gasteiger partial charge in [0.1, 0.15) is 0 Å². The summed E-state index contributed by atoms with van der Waals surface area (Å²) in [4.78, 5) is 4.34. The van der Waals surface area contributed by atoms with Crippen LogP contribution in [0, 0.1) is 6.92 Å². The number of pyridine rings is 1. The maximum absolute atomic E-state index is 5.09. The van der Waals surface area contributed by atoms with Crippen LogP contribution in [0.5, 0.6) is 0 Å². The number of benzene rings is 1. The van der Waals surface area contributed by atoms with Crippen molar-refractivity contribution in [1.29, 1.82) is 0 Å². The average molecular weight is 187 g/mol. The largest absolute Gasteiger partial charge is 0.380 e. The van der Waals surface area contributed by atoms with Crippen LogP contribution < -0.4 is 0 Å². The number of hydrogen-bond donors (Lipinski definition) is 0. The van der Waals surface area contributed by atoms with Crippen molar-refractivity contribution in [2.45, 2.75) is 13.5 Å². The summed E-state index contributed by atoms with van der Waals surface area (Å²) in [5, 5.41) is 1.18. The fraction of sp³-hybridized carbons (Fsp3) is 0.250. The fourth-order valence-corrected chi connectivity index (χ4v) is 1.55. The van der Waals surface area contributed by atoms with E-state index in [0.29, 0.717) is 6.61 Å². The summed E-state index contributed by atoms with van der Waals surface area (Å²) >= 11 is 0. The number of rotatable bonds is 2. The highest BCUT2D eigenvalue weighted by Crippen LogP contribution is 2.15. The third-order valence-corrected chi connectivity index (χ3v) is 2.19. The smallest absolute Gasteiger partial charge is 0.0713 e. The number of aromatic nitrogens is 1. The van der Waals surface area contributed by atoms with E-state index in [-0.39, 0.29) is 0 Å². The summed E-state index contributed by atoms with van der Waals surface area (Å²) in [5.41, 5.74) is 3.41. The predicted molar refractivity (Wildman–Crippen MR) is 57.2 cm³/mol. The van der Waals surface area contributed by atoms with E-state index in [0.717, 1.165) is 5.52 Å². The molecule has 0 radical (unpaired) electrons. The Kier molecular flexibility index (Phi) is 2.46. The molecule has 2 nitrogen and oxygen atoms in total. The van der Waals surface area contributed by atoms with Crippen LogP contribution >= 0.6 is 0 Å². The molecule has 0 aliphatic heterocycles. The summed E-state index contributed by atoms with van der Waals surface area (Å²) in [6.07, 6.45) is 1.89. The lowest BCUT2D eigenvalue weighted by atomic mass is 10.1. The number of methoxy groups -OCH3 is 1. The molecule has 1 heterocycles. The van der Waals surface area contributed by atoms with Gasteiger partial charge in [-0.2, -0.15) is 0 Å². The lowest BCUT2D eigenvalue weighted by Crippen LogP contribution is -1.88. The lowest BCUT2D eigenvalue weighted by molar-refractivity contribution is 0.185. The third-order valence-electron chi connectivity index (χ3n) is 2.19. The second kappa shape index (κ2) is 3.76. The minimum absolute atomic E-state index is 0.657. The highest BCUT2D eigenvalue weighted by Gasteiger charge is 1.97. The van der Waals surface area contributed by atoms with Crippen LogP contribution in [-0.2, 0) is 11.3 Å². The monoisotopic (exact) mass is 187 g/mol. The highest BCUT2D eigenvalue weighted by molar-refractivity contribution is 5.79. The van der Waals surface area contributed by atoms with Gasteiger partial charge in [0.15, 0.2) is 0 Å². The molecule has 0 N–H and O–H groups in total. The summed E-state index contributed by atoms with van der Waals surface area (Å²) in [7, 11) is 1.71. The molecule has 0 bridgehead atoms. The van der Waals surface area contributed by atoms with Gasteiger partial charge in [0, 0.05) is 18.7 Å². The van der Waals surface area contributed by atoms with Gasteiger partial charge in [-0.05, 0) is 36.2 Å². The molecule has 2 heteroatoms. The Labute approximate surface area is 83.5 Å². The van der Waals surface area contributed by atoms with Gasteiger partial charge < -0.3 is 4.74 Å². The van der Waals surface area contributed by atoms with Crippen molar-refractivity contribution in [3.63, 3.8) is 0 Å². The van der Waals surface area contributed by atoms with E-state index in [1.165, 1.54) is 16.5 Å². The molecular formula is C12H13NO. The zero-order valence-electron chi connectivity index (χ0n) is 8.45. The van der Waals surface area contributed by atoms with Gasteiger partial charge in [0.2, 0.25) is 0 Å². The Morgan fingerprint density at radius 3 is 2.93 bits per heavy atom. The summed E-state index contributed by atoms with van der Waals surface area (Å²) < 4.78 is 5.09. The van der Waals surface area contributed by atoms with Crippen LogP contribution in [0.2, 0.25) is 0 Å². The quantitative estimate of drug-likeness (QED) is 0.721. The zero-order valence-corrected chi connectivity index (χ0v) is 8.45. The van der Waals surface area contributed by atoms with Gasteiger partial charge in [0.05, 0.1) is 12.1 Å². The minimum atomic E-state index is 0.657. The SMILES string of the molecule is COCc1ccc2ncc(C)cc2c1.